The molecule has 0 aliphatic carbocycles. The molecule has 0 bridgehead atoms. The molecule has 5 nitrogen and oxygen atoms in total. The number of aryl methyl sites for hydroxylation is 4. The van der Waals surface area contributed by atoms with E-state index in [9.17, 15) is 5.11 Å². The van der Waals surface area contributed by atoms with Crippen molar-refractivity contribution < 1.29 is 9.84 Å². The second kappa shape index (κ2) is 9.14. The molecule has 0 amide bonds. The molecule has 1 aliphatic rings. The van der Waals surface area contributed by atoms with Crippen LogP contribution in [0.5, 0.6) is 5.75 Å². The van der Waals surface area contributed by atoms with E-state index in [1.807, 2.05) is 0 Å². The molecule has 5 heteroatoms. The number of piperidine rings is 1. The fourth-order valence-corrected chi connectivity index (χ4v) is 5.42. The maximum absolute atomic E-state index is 9.17. The minimum absolute atomic E-state index is 0.306. The number of benzene rings is 1. The Morgan fingerprint density at radius 2 is 1.69 bits per heavy atom. The number of nitrogens with zero attached hydrogens (tertiary/aromatic N) is 3. The predicted molar refractivity (Wildman–Crippen MR) is 133 cm³/mol. The van der Waals surface area contributed by atoms with Crippen LogP contribution in [0.3, 0.4) is 0 Å². The lowest BCUT2D eigenvalue weighted by molar-refractivity contribution is 0.261. The summed E-state index contributed by atoms with van der Waals surface area (Å²) in [6.45, 7) is 13.3. The standard InChI is InChI=1S/C27H37N3O2/c1-17-14-23(32-6)15-18(2)26(17)30-21(5)20(4)25-24(16-19(3)28-27(25)30)29-11-9-22(10-12-29)8-7-13-31/h14-16,22,31H,7-13H2,1-6H3. The van der Waals surface area contributed by atoms with Gasteiger partial charge in [0.2, 0.25) is 0 Å². The first-order valence-corrected chi connectivity index (χ1v) is 11.9. The van der Waals surface area contributed by atoms with Gasteiger partial charge in [0.25, 0.3) is 0 Å². The van der Waals surface area contributed by atoms with Crippen molar-refractivity contribution in [3.63, 3.8) is 0 Å². The number of rotatable bonds is 6. The molecule has 4 rings (SSSR count). The quantitative estimate of drug-likeness (QED) is 0.550. The van der Waals surface area contributed by atoms with Gasteiger partial charge in [-0.2, -0.15) is 0 Å². The van der Waals surface area contributed by atoms with Crippen LogP contribution in [0.1, 0.15) is 53.8 Å². The summed E-state index contributed by atoms with van der Waals surface area (Å²) in [5.74, 6) is 1.62. The smallest absolute Gasteiger partial charge is 0.147 e. The van der Waals surface area contributed by atoms with E-state index in [1.165, 1.54) is 52.0 Å². The fourth-order valence-electron chi connectivity index (χ4n) is 5.42. The molecule has 172 valence electrons. The monoisotopic (exact) mass is 435 g/mol. The lowest BCUT2D eigenvalue weighted by Gasteiger charge is -2.34. The summed E-state index contributed by atoms with van der Waals surface area (Å²) in [6, 6.07) is 6.48. The van der Waals surface area contributed by atoms with Crippen LogP contribution in [0, 0.1) is 40.5 Å². The Kier molecular flexibility index (Phi) is 6.47. The van der Waals surface area contributed by atoms with Gasteiger partial charge in [-0.05, 0) is 101 Å². The first-order chi connectivity index (χ1) is 15.3. The Labute approximate surface area is 192 Å². The maximum Gasteiger partial charge on any atom is 0.147 e. The molecule has 0 radical (unpaired) electrons. The molecular formula is C27H37N3O2. The molecule has 3 aromatic rings. The van der Waals surface area contributed by atoms with Gasteiger partial charge in [0.05, 0.1) is 12.8 Å². The number of aliphatic hydroxyl groups excluding tert-OH is 1. The van der Waals surface area contributed by atoms with Gasteiger partial charge in [-0.3, -0.25) is 4.57 Å². The molecule has 0 spiro atoms. The summed E-state index contributed by atoms with van der Waals surface area (Å²) in [6.07, 6.45) is 4.45. The van der Waals surface area contributed by atoms with Gasteiger partial charge in [0, 0.05) is 42.2 Å². The van der Waals surface area contributed by atoms with Crippen molar-refractivity contribution in [1.29, 1.82) is 0 Å². The molecule has 1 fully saturated rings. The summed E-state index contributed by atoms with van der Waals surface area (Å²) < 4.78 is 7.84. The third-order valence-corrected chi connectivity index (χ3v) is 7.22. The fraction of sp³-hybridized carbons (Fsp3) is 0.519. The highest BCUT2D eigenvalue weighted by molar-refractivity contribution is 5.96. The second-order valence-corrected chi connectivity index (χ2v) is 9.43. The van der Waals surface area contributed by atoms with E-state index in [0.29, 0.717) is 6.61 Å². The minimum atomic E-state index is 0.306. The lowest BCUT2D eigenvalue weighted by Crippen LogP contribution is -2.34. The number of hydrogen-bond donors (Lipinski definition) is 1. The highest BCUT2D eigenvalue weighted by Gasteiger charge is 2.25. The van der Waals surface area contributed by atoms with Crippen molar-refractivity contribution in [2.75, 3.05) is 31.7 Å². The van der Waals surface area contributed by atoms with Crippen molar-refractivity contribution in [1.82, 2.24) is 9.55 Å². The van der Waals surface area contributed by atoms with E-state index < -0.39 is 0 Å². The zero-order valence-electron chi connectivity index (χ0n) is 20.5. The Balaban J connectivity index is 1.81. The Hall–Kier alpha value is -2.53. The van der Waals surface area contributed by atoms with Crippen LogP contribution in [0.2, 0.25) is 0 Å². The summed E-state index contributed by atoms with van der Waals surface area (Å²) in [7, 11) is 1.72. The summed E-state index contributed by atoms with van der Waals surface area (Å²) in [5.41, 5.74) is 9.55. The Bertz CT molecular complexity index is 1100. The highest BCUT2D eigenvalue weighted by Crippen LogP contribution is 2.39. The maximum atomic E-state index is 9.17. The predicted octanol–water partition coefficient (Wildman–Crippen LogP) is 5.57. The number of fused-ring (bicyclic) bond motifs is 1. The second-order valence-electron chi connectivity index (χ2n) is 9.43. The highest BCUT2D eigenvalue weighted by atomic mass is 16.5. The van der Waals surface area contributed by atoms with Crippen molar-refractivity contribution in [2.24, 2.45) is 5.92 Å². The average molecular weight is 436 g/mol. The summed E-state index contributed by atoms with van der Waals surface area (Å²) in [4.78, 5) is 7.60. The van der Waals surface area contributed by atoms with E-state index in [4.69, 9.17) is 9.72 Å². The average Bonchev–Trinajstić information content (AvgIpc) is 3.02. The van der Waals surface area contributed by atoms with Gasteiger partial charge in [-0.1, -0.05) is 0 Å². The van der Waals surface area contributed by atoms with Crippen LogP contribution < -0.4 is 9.64 Å². The van der Waals surface area contributed by atoms with E-state index in [1.54, 1.807) is 7.11 Å². The molecule has 32 heavy (non-hydrogen) atoms. The van der Waals surface area contributed by atoms with Gasteiger partial charge in [0.1, 0.15) is 11.4 Å². The molecule has 2 aromatic heterocycles. The number of methoxy groups -OCH3 is 1. The number of pyridine rings is 1. The van der Waals surface area contributed by atoms with Crippen LogP contribution in [0.25, 0.3) is 16.7 Å². The van der Waals surface area contributed by atoms with Crippen LogP contribution in [0.4, 0.5) is 5.69 Å². The molecule has 0 saturated carbocycles. The Morgan fingerprint density at radius 3 is 2.28 bits per heavy atom. The van der Waals surface area contributed by atoms with Crippen LogP contribution in [-0.2, 0) is 0 Å². The van der Waals surface area contributed by atoms with E-state index in [0.717, 1.165) is 48.9 Å². The molecule has 1 aliphatic heterocycles. The molecule has 1 aromatic carbocycles. The van der Waals surface area contributed by atoms with Crippen molar-refractivity contribution >= 4 is 16.7 Å². The number of aromatic nitrogens is 2. The van der Waals surface area contributed by atoms with Crippen LogP contribution >= 0.6 is 0 Å². The van der Waals surface area contributed by atoms with E-state index in [2.05, 4.69) is 62.3 Å². The zero-order chi connectivity index (χ0) is 23.0. The third-order valence-electron chi connectivity index (χ3n) is 7.22. The molecule has 1 N–H and O–H groups in total. The van der Waals surface area contributed by atoms with Crippen molar-refractivity contribution in [2.45, 2.75) is 60.3 Å². The zero-order valence-corrected chi connectivity index (χ0v) is 20.5. The largest absolute Gasteiger partial charge is 0.497 e. The molecule has 3 heterocycles. The normalized spacial score (nSPS) is 15.0. The number of hydrogen-bond acceptors (Lipinski definition) is 4. The number of anilines is 1. The van der Waals surface area contributed by atoms with Gasteiger partial charge >= 0.3 is 0 Å². The topological polar surface area (TPSA) is 50.5 Å². The third kappa shape index (κ3) is 3.99. The van der Waals surface area contributed by atoms with Gasteiger partial charge in [0.15, 0.2) is 0 Å². The SMILES string of the molecule is COc1cc(C)c(-n2c(C)c(C)c3c(N4CCC(CCCO)CC4)cc(C)nc32)c(C)c1. The lowest BCUT2D eigenvalue weighted by atomic mass is 9.92. The molecule has 0 unspecified atom stereocenters. The van der Waals surface area contributed by atoms with Gasteiger partial charge in [-0.15, -0.1) is 0 Å². The van der Waals surface area contributed by atoms with E-state index >= 15 is 0 Å². The van der Waals surface area contributed by atoms with Gasteiger partial charge < -0.3 is 14.7 Å². The molecule has 0 atom stereocenters. The minimum Gasteiger partial charge on any atom is -0.497 e. The van der Waals surface area contributed by atoms with Crippen LogP contribution in [-0.4, -0.2) is 41.5 Å². The first-order valence-electron chi connectivity index (χ1n) is 11.9. The number of aliphatic hydroxyl groups is 1. The summed E-state index contributed by atoms with van der Waals surface area (Å²) >= 11 is 0. The molecule has 1 saturated heterocycles. The van der Waals surface area contributed by atoms with E-state index in [-0.39, 0.29) is 0 Å². The molecular weight excluding hydrogens is 398 g/mol. The number of ether oxygens (including phenoxy) is 1. The summed E-state index contributed by atoms with van der Waals surface area (Å²) in [5, 5.41) is 10.4. The Morgan fingerprint density at radius 1 is 1.03 bits per heavy atom. The van der Waals surface area contributed by atoms with Gasteiger partial charge in [-0.25, -0.2) is 4.98 Å². The van der Waals surface area contributed by atoms with Crippen molar-refractivity contribution in [3.05, 3.63) is 46.3 Å². The first kappa shape index (κ1) is 22.7. The van der Waals surface area contributed by atoms with Crippen LogP contribution in [0.15, 0.2) is 18.2 Å². The van der Waals surface area contributed by atoms with Crippen molar-refractivity contribution in [3.8, 4) is 11.4 Å².